The molecule has 0 unspecified atom stereocenters. The third-order valence-corrected chi connectivity index (χ3v) is 9.33. The molecule has 0 N–H and O–H groups in total. The Labute approximate surface area is 309 Å². The maximum Gasteiger partial charge on any atom is 0.636 e. The van der Waals surface area contributed by atoms with Gasteiger partial charge in [-0.05, 0) is 6.07 Å². The van der Waals surface area contributed by atoms with Crippen LogP contribution in [-0.2, 0) is 5.92 Å². The van der Waals surface area contributed by atoms with Gasteiger partial charge >= 0.3 is 13.0 Å². The zero-order valence-electron chi connectivity index (χ0n) is 27.0. The van der Waals surface area contributed by atoms with Gasteiger partial charge in [0.2, 0.25) is 5.82 Å². The van der Waals surface area contributed by atoms with Crippen LogP contribution in [-0.4, -0.2) is 7.12 Å². The Morgan fingerprint density at radius 2 is 0.712 bits per heavy atom. The highest BCUT2D eigenvalue weighted by molar-refractivity contribution is 6.63. The largest absolute Gasteiger partial charge is 0.636 e. The van der Waals surface area contributed by atoms with Crippen LogP contribution in [0.15, 0.2) is 12.1 Å². The highest BCUT2D eigenvalue weighted by atomic mass is 19.3. The topological polar surface area (TPSA) is 18.5 Å². The van der Waals surface area contributed by atoms with E-state index in [1.54, 1.807) is 0 Å². The van der Waals surface area contributed by atoms with Crippen molar-refractivity contribution in [2.45, 2.75) is 5.92 Å². The first-order valence-corrected chi connectivity index (χ1v) is 15.3. The van der Waals surface area contributed by atoms with Gasteiger partial charge < -0.3 is 9.31 Å². The number of halogens is 21. The van der Waals surface area contributed by atoms with Crippen molar-refractivity contribution < 1.29 is 102 Å². The minimum atomic E-state index is -5.62. The van der Waals surface area contributed by atoms with Gasteiger partial charge in [-0.1, -0.05) is 0 Å². The number of fused-ring (bicyclic) bond motifs is 3. The van der Waals surface area contributed by atoms with E-state index < -0.39 is 195 Å². The molecule has 0 fully saturated rings. The first-order valence-electron chi connectivity index (χ1n) is 15.3. The van der Waals surface area contributed by atoms with Crippen LogP contribution in [0.5, 0.6) is 11.5 Å². The zero-order valence-corrected chi connectivity index (χ0v) is 27.0. The van der Waals surface area contributed by atoms with E-state index in [0.29, 0.717) is 0 Å². The SMILES string of the molecule is Fc1cc(F)c(F)c(B(Oc2c(F)c(F)c(F)c3c2C(F)(F)c2c(F)c(F)c(F)c(F)c2-3)Oc2c(F)c(F)c3c(F)c(F)c4c(F)c(F)c(F)c5c(F)c(F)c2c3c45)c1. The third kappa shape index (κ3) is 4.90. The van der Waals surface area contributed by atoms with Gasteiger partial charge in [-0.15, -0.1) is 0 Å². The lowest BCUT2D eigenvalue weighted by molar-refractivity contribution is 0.0404. The number of rotatable bonds is 5. The number of benzene rings is 7. The molecule has 24 heteroatoms. The highest BCUT2D eigenvalue weighted by Gasteiger charge is 2.56. The molecule has 0 amide bonds. The predicted octanol–water partition coefficient (Wildman–Crippen LogP) is 11.2. The van der Waals surface area contributed by atoms with Gasteiger partial charge in [-0.2, -0.15) is 17.6 Å². The summed E-state index contributed by atoms with van der Waals surface area (Å²) in [5, 5.41) is -12.2. The van der Waals surface area contributed by atoms with Crippen molar-refractivity contribution in [1.29, 1.82) is 0 Å². The van der Waals surface area contributed by atoms with Crippen LogP contribution in [0.25, 0.3) is 43.4 Å². The summed E-state index contributed by atoms with van der Waals surface area (Å²) >= 11 is 0. The van der Waals surface area contributed by atoms with Gasteiger partial charge in [0.15, 0.2) is 110 Å². The van der Waals surface area contributed by atoms with Crippen molar-refractivity contribution in [2.24, 2.45) is 0 Å². The number of hydrogen-bond acceptors (Lipinski definition) is 2. The van der Waals surface area contributed by atoms with E-state index in [4.69, 9.17) is 4.65 Å². The van der Waals surface area contributed by atoms with Crippen LogP contribution in [0.1, 0.15) is 11.1 Å². The lowest BCUT2D eigenvalue weighted by Crippen LogP contribution is -2.46. The summed E-state index contributed by atoms with van der Waals surface area (Å²) in [4.78, 5) is 0. The van der Waals surface area contributed by atoms with Crippen molar-refractivity contribution >= 4 is 44.9 Å². The molecule has 59 heavy (non-hydrogen) atoms. The fourth-order valence-electron chi connectivity index (χ4n) is 6.89. The summed E-state index contributed by atoms with van der Waals surface area (Å²) in [6, 6.07) is -0.627. The van der Waals surface area contributed by atoms with E-state index in [9.17, 15) is 39.5 Å². The average molecular weight is 864 g/mol. The number of alkyl halides is 2. The minimum Gasteiger partial charge on any atom is -0.519 e. The Balaban J connectivity index is 1.48. The van der Waals surface area contributed by atoms with Crippen LogP contribution < -0.4 is 14.8 Å². The second kappa shape index (κ2) is 12.6. The van der Waals surface area contributed by atoms with Gasteiger partial charge in [0.25, 0.3) is 0 Å². The highest BCUT2D eigenvalue weighted by Crippen LogP contribution is 2.59. The molecule has 1 aliphatic carbocycles. The molecule has 0 saturated heterocycles. The third-order valence-electron chi connectivity index (χ3n) is 9.33. The Bertz CT molecular complexity index is 3070. The molecule has 0 saturated carbocycles. The first-order chi connectivity index (χ1) is 27.5. The maximum absolute atomic E-state index is 15.9. The lowest BCUT2D eigenvalue weighted by atomic mass is 9.77. The quantitative estimate of drug-likeness (QED) is 0.0564. The van der Waals surface area contributed by atoms with Crippen molar-refractivity contribution in [3.63, 3.8) is 0 Å². The Hall–Kier alpha value is -6.23. The van der Waals surface area contributed by atoms with Crippen molar-refractivity contribution in [2.75, 3.05) is 0 Å². The molecule has 0 radical (unpaired) electrons. The maximum atomic E-state index is 15.9. The summed E-state index contributed by atoms with van der Waals surface area (Å²) in [7, 11) is -3.83. The van der Waals surface area contributed by atoms with E-state index in [1.165, 1.54) is 0 Å². The molecule has 0 aliphatic heterocycles. The van der Waals surface area contributed by atoms with E-state index in [2.05, 4.69) is 4.65 Å². The fourth-order valence-corrected chi connectivity index (χ4v) is 6.89. The molecular weight excluding hydrogens is 862 g/mol. The second-order valence-electron chi connectivity index (χ2n) is 12.4. The van der Waals surface area contributed by atoms with E-state index in [1.807, 2.05) is 0 Å². The average Bonchev–Trinajstić information content (AvgIpc) is 3.43. The monoisotopic (exact) mass is 864 g/mol. The zero-order chi connectivity index (χ0) is 43.4. The predicted molar refractivity (Wildman–Crippen MR) is 157 cm³/mol. The molecule has 0 bridgehead atoms. The molecule has 0 atom stereocenters. The van der Waals surface area contributed by atoms with Gasteiger partial charge in [-0.3, -0.25) is 0 Å². The van der Waals surface area contributed by atoms with Crippen LogP contribution >= 0.6 is 0 Å². The molecular formula is C35H2BF21O2. The van der Waals surface area contributed by atoms with Gasteiger partial charge in [-0.25, -0.2) is 74.6 Å². The van der Waals surface area contributed by atoms with Gasteiger partial charge in [0, 0.05) is 28.0 Å². The Kier molecular flexibility index (Phi) is 8.48. The standard InChI is InChI=1S/C35H2BF21O2/c37-3-1-4(16(39)5(38)2-3)36(59-34-15-9(18(41)29(52)32(34)55)8-14(35(15,56)57)26(49)30(53)28(51)17(8)40)58-33-13-7-6-10(19(42)20(43)12(7)24(47)31(33)54)22(45)27(50)23(46)11(6)21(44)25(13)48/h1-2H. The molecule has 0 spiro atoms. The lowest BCUT2D eigenvalue weighted by Gasteiger charge is -2.24. The minimum absolute atomic E-state index is 0.309. The summed E-state index contributed by atoms with van der Waals surface area (Å²) in [6.07, 6.45) is 0. The molecule has 1 aliphatic rings. The summed E-state index contributed by atoms with van der Waals surface area (Å²) in [6.45, 7) is 0. The van der Waals surface area contributed by atoms with Gasteiger partial charge in [0.1, 0.15) is 5.82 Å². The first kappa shape index (κ1) is 39.6. The molecule has 2 nitrogen and oxygen atoms in total. The molecule has 304 valence electrons. The smallest absolute Gasteiger partial charge is 0.519 e. The van der Waals surface area contributed by atoms with E-state index in [-0.39, 0.29) is 12.1 Å². The molecule has 7 aromatic carbocycles. The second-order valence-corrected chi connectivity index (χ2v) is 12.4. The van der Waals surface area contributed by atoms with E-state index >= 15 is 52.7 Å². The molecule has 7 aromatic rings. The number of hydrogen-bond donors (Lipinski definition) is 0. The van der Waals surface area contributed by atoms with E-state index in [0.717, 1.165) is 0 Å². The summed E-state index contributed by atoms with van der Waals surface area (Å²) < 4.78 is 327. The normalized spacial score (nSPS) is 13.3. The van der Waals surface area contributed by atoms with Crippen LogP contribution in [0.4, 0.5) is 92.2 Å². The fraction of sp³-hybridized carbons (Fsp3) is 0.0286. The van der Waals surface area contributed by atoms with Crippen molar-refractivity contribution in [1.82, 2.24) is 0 Å². The Morgan fingerprint density at radius 1 is 0.339 bits per heavy atom. The van der Waals surface area contributed by atoms with Crippen LogP contribution in [0.2, 0.25) is 0 Å². The summed E-state index contributed by atoms with van der Waals surface area (Å²) in [5.74, 6) is -63.5. The molecule has 0 heterocycles. The van der Waals surface area contributed by atoms with Crippen LogP contribution in [0, 0.1) is 111 Å². The van der Waals surface area contributed by atoms with Crippen LogP contribution in [0.3, 0.4) is 0 Å². The van der Waals surface area contributed by atoms with Gasteiger partial charge in [0.05, 0.1) is 38.1 Å². The van der Waals surface area contributed by atoms with Crippen molar-refractivity contribution in [3.05, 3.63) is 134 Å². The van der Waals surface area contributed by atoms with Crippen molar-refractivity contribution in [3.8, 4) is 22.6 Å². The summed E-state index contributed by atoms with van der Waals surface area (Å²) in [5.41, 5.74) is -12.1. The molecule has 8 rings (SSSR count). The Morgan fingerprint density at radius 3 is 1.25 bits per heavy atom. The molecule has 0 aromatic heterocycles.